The van der Waals surface area contributed by atoms with Crippen molar-refractivity contribution in [1.82, 2.24) is 5.32 Å². The molecule has 0 fully saturated rings. The zero-order valence-electron chi connectivity index (χ0n) is 15.0. The molecule has 0 aromatic heterocycles. The molecule has 0 saturated heterocycles. The maximum atomic E-state index is 12.3. The number of amides is 1. The van der Waals surface area contributed by atoms with Crippen molar-refractivity contribution in [2.24, 2.45) is 0 Å². The monoisotopic (exact) mass is 371 g/mol. The van der Waals surface area contributed by atoms with Crippen molar-refractivity contribution < 1.29 is 14.3 Å². The van der Waals surface area contributed by atoms with Crippen molar-refractivity contribution in [3.05, 3.63) is 63.7 Å². The highest BCUT2D eigenvalue weighted by Gasteiger charge is 2.23. The summed E-state index contributed by atoms with van der Waals surface area (Å²) >= 11 is 6.06. The first-order valence-electron chi connectivity index (χ1n) is 8.76. The van der Waals surface area contributed by atoms with Gasteiger partial charge in [0, 0.05) is 35.4 Å². The van der Waals surface area contributed by atoms with E-state index in [1.54, 1.807) is 6.07 Å². The minimum Gasteiger partial charge on any atom is -0.493 e. The summed E-state index contributed by atoms with van der Waals surface area (Å²) in [6.07, 6.45) is 1.04. The molecule has 2 aromatic carbocycles. The normalized spacial score (nSPS) is 15.7. The van der Waals surface area contributed by atoms with Crippen molar-refractivity contribution in [2.75, 3.05) is 6.61 Å². The number of carbonyl (C=O) groups is 2. The van der Waals surface area contributed by atoms with Gasteiger partial charge in [0.2, 0.25) is 5.91 Å². The Bertz CT molecular complexity index is 847. The molecule has 0 spiro atoms. The van der Waals surface area contributed by atoms with E-state index in [2.05, 4.69) is 5.32 Å². The Labute approximate surface area is 158 Å². The molecule has 0 radical (unpaired) electrons. The van der Waals surface area contributed by atoms with Crippen LogP contribution in [0.5, 0.6) is 5.75 Å². The summed E-state index contributed by atoms with van der Waals surface area (Å²) in [4.78, 5) is 24.7. The van der Waals surface area contributed by atoms with Crippen molar-refractivity contribution in [3.8, 4) is 5.75 Å². The summed E-state index contributed by atoms with van der Waals surface area (Å²) < 4.78 is 5.60. The number of fused-ring (bicyclic) bond motifs is 1. The highest BCUT2D eigenvalue weighted by Crippen LogP contribution is 2.34. The van der Waals surface area contributed by atoms with E-state index < -0.39 is 0 Å². The summed E-state index contributed by atoms with van der Waals surface area (Å²) in [6, 6.07) is 10.9. The topological polar surface area (TPSA) is 55.4 Å². The second-order valence-electron chi connectivity index (χ2n) is 6.66. The lowest BCUT2D eigenvalue weighted by Gasteiger charge is -2.26. The molecule has 1 unspecified atom stereocenters. The molecule has 1 aliphatic rings. The molecule has 4 nitrogen and oxygen atoms in total. The Morgan fingerprint density at radius 3 is 2.69 bits per heavy atom. The van der Waals surface area contributed by atoms with Crippen molar-refractivity contribution >= 4 is 23.3 Å². The fourth-order valence-electron chi connectivity index (χ4n) is 3.07. The van der Waals surface area contributed by atoms with E-state index in [-0.39, 0.29) is 30.6 Å². The molecule has 3 rings (SSSR count). The third-order valence-corrected chi connectivity index (χ3v) is 4.99. The number of hydrogen-bond acceptors (Lipinski definition) is 3. The van der Waals surface area contributed by atoms with Crippen molar-refractivity contribution in [3.63, 3.8) is 0 Å². The van der Waals surface area contributed by atoms with Crippen LogP contribution in [-0.4, -0.2) is 18.3 Å². The number of benzene rings is 2. The molecule has 5 heteroatoms. The quantitative estimate of drug-likeness (QED) is 0.784. The van der Waals surface area contributed by atoms with Crippen LogP contribution in [0.4, 0.5) is 0 Å². The molecule has 1 amide bonds. The van der Waals surface area contributed by atoms with Crippen LogP contribution in [0.25, 0.3) is 0 Å². The standard InChI is InChI=1S/C21H22ClNO3/c1-13-3-4-15(11-14(13)2)19(24)6-8-21(25)23-18-9-10-26-20-7-5-16(22)12-17(18)20/h3-5,7,11-12,18H,6,8-10H2,1-2H3,(H,23,25). The number of hydrogen-bond donors (Lipinski definition) is 1. The Morgan fingerprint density at radius 2 is 1.92 bits per heavy atom. The van der Waals surface area contributed by atoms with Crippen LogP contribution >= 0.6 is 11.6 Å². The first-order valence-corrected chi connectivity index (χ1v) is 9.14. The second-order valence-corrected chi connectivity index (χ2v) is 7.10. The van der Waals surface area contributed by atoms with Gasteiger partial charge >= 0.3 is 0 Å². The number of aryl methyl sites for hydroxylation is 2. The average molecular weight is 372 g/mol. The van der Waals surface area contributed by atoms with Crippen LogP contribution in [0, 0.1) is 13.8 Å². The lowest BCUT2D eigenvalue weighted by atomic mass is 9.99. The molecular weight excluding hydrogens is 350 g/mol. The third kappa shape index (κ3) is 4.25. The predicted octanol–water partition coefficient (Wildman–Crippen LogP) is 4.56. The Hall–Kier alpha value is -2.33. The Morgan fingerprint density at radius 1 is 1.12 bits per heavy atom. The zero-order valence-corrected chi connectivity index (χ0v) is 15.7. The first-order chi connectivity index (χ1) is 12.4. The van der Waals surface area contributed by atoms with Crippen LogP contribution < -0.4 is 10.1 Å². The van der Waals surface area contributed by atoms with Crippen LogP contribution in [0.15, 0.2) is 36.4 Å². The van der Waals surface area contributed by atoms with E-state index in [0.29, 0.717) is 23.6 Å². The zero-order chi connectivity index (χ0) is 18.7. The summed E-state index contributed by atoms with van der Waals surface area (Å²) in [5, 5.41) is 3.61. The summed E-state index contributed by atoms with van der Waals surface area (Å²) in [6.45, 7) is 4.53. The number of carbonyl (C=O) groups excluding carboxylic acids is 2. The lowest BCUT2D eigenvalue weighted by Crippen LogP contribution is -2.32. The highest BCUT2D eigenvalue weighted by molar-refractivity contribution is 6.30. The molecule has 136 valence electrons. The number of halogens is 1. The summed E-state index contributed by atoms with van der Waals surface area (Å²) in [5.41, 5.74) is 3.77. The minimum atomic E-state index is -0.139. The first kappa shape index (κ1) is 18.5. The van der Waals surface area contributed by atoms with Crippen LogP contribution in [0.3, 0.4) is 0 Å². The smallest absolute Gasteiger partial charge is 0.220 e. The highest BCUT2D eigenvalue weighted by atomic mass is 35.5. The maximum Gasteiger partial charge on any atom is 0.220 e. The molecule has 0 bridgehead atoms. The lowest BCUT2D eigenvalue weighted by molar-refractivity contribution is -0.122. The molecule has 2 aromatic rings. The van der Waals surface area contributed by atoms with E-state index in [4.69, 9.17) is 16.3 Å². The van der Waals surface area contributed by atoms with E-state index in [9.17, 15) is 9.59 Å². The van der Waals surface area contributed by atoms with Gasteiger partial charge < -0.3 is 10.1 Å². The van der Waals surface area contributed by atoms with Gasteiger partial charge in [-0.15, -0.1) is 0 Å². The van der Waals surface area contributed by atoms with Gasteiger partial charge in [-0.3, -0.25) is 9.59 Å². The minimum absolute atomic E-state index is 0.0151. The SMILES string of the molecule is Cc1ccc(C(=O)CCC(=O)NC2CCOc3ccc(Cl)cc32)cc1C. The largest absolute Gasteiger partial charge is 0.493 e. The molecule has 1 heterocycles. The van der Waals surface area contributed by atoms with Crippen molar-refractivity contribution in [2.45, 2.75) is 39.2 Å². The predicted molar refractivity (Wildman–Crippen MR) is 102 cm³/mol. The van der Waals surface area contributed by atoms with E-state index in [1.807, 2.05) is 44.2 Å². The Kier molecular flexibility index (Phi) is 5.62. The van der Waals surface area contributed by atoms with E-state index >= 15 is 0 Å². The molecule has 1 atom stereocenters. The fourth-order valence-corrected chi connectivity index (χ4v) is 3.25. The summed E-state index contributed by atoms with van der Waals surface area (Å²) in [7, 11) is 0. The van der Waals surface area contributed by atoms with Crippen LogP contribution in [0.2, 0.25) is 5.02 Å². The number of nitrogens with one attached hydrogen (secondary N) is 1. The van der Waals surface area contributed by atoms with Crippen LogP contribution in [-0.2, 0) is 4.79 Å². The van der Waals surface area contributed by atoms with Crippen molar-refractivity contribution in [1.29, 1.82) is 0 Å². The second kappa shape index (κ2) is 7.92. The number of rotatable bonds is 5. The van der Waals surface area contributed by atoms with E-state index in [1.165, 1.54) is 0 Å². The van der Waals surface area contributed by atoms with Gasteiger partial charge in [-0.25, -0.2) is 0 Å². The molecule has 26 heavy (non-hydrogen) atoms. The molecule has 0 aliphatic carbocycles. The van der Waals surface area contributed by atoms with Gasteiger partial charge in [-0.05, 0) is 49.2 Å². The maximum absolute atomic E-state index is 12.3. The van der Waals surface area contributed by atoms with Gasteiger partial charge in [-0.2, -0.15) is 0 Å². The third-order valence-electron chi connectivity index (χ3n) is 4.75. The van der Waals surface area contributed by atoms with Gasteiger partial charge in [0.1, 0.15) is 5.75 Å². The Balaban J connectivity index is 1.59. The number of Topliss-reactive ketones (excluding diaryl/α,β-unsaturated/α-hetero) is 1. The molecule has 1 N–H and O–H groups in total. The summed E-state index contributed by atoms with van der Waals surface area (Å²) in [5.74, 6) is 0.593. The van der Waals surface area contributed by atoms with Gasteiger partial charge in [0.25, 0.3) is 0 Å². The molecular formula is C21H22ClNO3. The van der Waals surface area contributed by atoms with Gasteiger partial charge in [0.15, 0.2) is 5.78 Å². The van der Waals surface area contributed by atoms with Crippen LogP contribution in [0.1, 0.15) is 52.4 Å². The average Bonchev–Trinajstić information content (AvgIpc) is 2.62. The van der Waals surface area contributed by atoms with Gasteiger partial charge in [-0.1, -0.05) is 23.7 Å². The van der Waals surface area contributed by atoms with E-state index in [0.717, 1.165) is 22.4 Å². The number of ether oxygens (including phenoxy) is 1. The molecule has 1 aliphatic heterocycles. The molecule has 0 saturated carbocycles. The number of ketones is 1. The van der Waals surface area contributed by atoms with Gasteiger partial charge in [0.05, 0.1) is 12.6 Å². The fraction of sp³-hybridized carbons (Fsp3) is 0.333.